The molecule has 2 aromatic carbocycles. The molecule has 0 radical (unpaired) electrons. The minimum absolute atomic E-state index is 0.868. The van der Waals surface area contributed by atoms with E-state index in [1.54, 1.807) is 0 Å². The molecule has 0 aliphatic carbocycles. The van der Waals surface area contributed by atoms with Crippen LogP contribution in [0.15, 0.2) is 73.2 Å². The van der Waals surface area contributed by atoms with Crippen molar-refractivity contribution in [2.75, 3.05) is 31.1 Å². The first-order chi connectivity index (χ1) is 15.7. The quantitative estimate of drug-likeness (QED) is 0.450. The van der Waals surface area contributed by atoms with Gasteiger partial charge in [-0.1, -0.05) is 12.1 Å². The third-order valence-corrected chi connectivity index (χ3v) is 6.94. The van der Waals surface area contributed by atoms with Gasteiger partial charge in [0.1, 0.15) is 0 Å². The van der Waals surface area contributed by atoms with E-state index >= 15 is 0 Å². The molecular weight excluding hydrogens is 394 g/mol. The third kappa shape index (κ3) is 3.53. The zero-order chi connectivity index (χ0) is 21.5. The number of likely N-dealkylation sites (tertiary alicyclic amines) is 1. The molecule has 162 valence electrons. The number of aryl methyl sites for hydroxylation is 1. The van der Waals surface area contributed by atoms with Crippen molar-refractivity contribution in [1.29, 1.82) is 0 Å². The van der Waals surface area contributed by atoms with E-state index < -0.39 is 0 Å². The molecule has 6 rings (SSSR count). The normalized spacial score (nSPS) is 17.0. The number of anilines is 1. The minimum Gasteiger partial charge on any atom is -0.351 e. The lowest BCUT2D eigenvalue weighted by atomic mass is 10.0. The summed E-state index contributed by atoms with van der Waals surface area (Å²) in [6.45, 7) is 5.39. The van der Waals surface area contributed by atoms with Crippen molar-refractivity contribution in [1.82, 2.24) is 19.2 Å². The number of benzene rings is 2. The van der Waals surface area contributed by atoms with Crippen molar-refractivity contribution in [3.05, 3.63) is 78.8 Å². The summed E-state index contributed by atoms with van der Waals surface area (Å²) >= 11 is 0. The fourth-order valence-corrected chi connectivity index (χ4v) is 5.04. The molecule has 0 amide bonds. The second-order valence-electron chi connectivity index (χ2n) is 8.99. The van der Waals surface area contributed by atoms with Crippen LogP contribution in [0, 0.1) is 0 Å². The Balaban J connectivity index is 1.17. The SMILES string of the molecule is Cn1ccc2cc(C3=CCN(c4ccc5c(cnn5CCN5CCCC5)c4)C=C3)ccc21. The number of hydrogen-bond acceptors (Lipinski definition) is 3. The lowest BCUT2D eigenvalue weighted by Gasteiger charge is -2.23. The van der Waals surface area contributed by atoms with E-state index in [1.807, 2.05) is 6.20 Å². The number of allylic oxidation sites excluding steroid dienone is 2. The molecule has 4 aromatic rings. The van der Waals surface area contributed by atoms with Gasteiger partial charge in [0.15, 0.2) is 0 Å². The monoisotopic (exact) mass is 423 g/mol. The first-order valence-corrected chi connectivity index (χ1v) is 11.6. The molecule has 0 atom stereocenters. The minimum atomic E-state index is 0.868. The molecule has 0 saturated carbocycles. The predicted molar refractivity (Wildman–Crippen MR) is 133 cm³/mol. The maximum Gasteiger partial charge on any atom is 0.0684 e. The van der Waals surface area contributed by atoms with Gasteiger partial charge >= 0.3 is 0 Å². The molecule has 2 aliphatic rings. The highest BCUT2D eigenvalue weighted by atomic mass is 15.3. The average molecular weight is 424 g/mol. The number of fused-ring (bicyclic) bond motifs is 2. The van der Waals surface area contributed by atoms with Gasteiger partial charge in [-0.2, -0.15) is 5.10 Å². The summed E-state index contributed by atoms with van der Waals surface area (Å²) in [5.41, 5.74) is 6.25. The lowest BCUT2D eigenvalue weighted by Crippen LogP contribution is -2.24. The standard InChI is InChI=1S/C27H29N5/c1-29-13-8-23-18-22(4-6-26(23)29)21-9-14-31(15-10-21)25-5-7-27-24(19-25)20-28-32(27)17-16-30-11-2-3-12-30/h4-10,13-14,18-20H,2-3,11-12,15-17H2,1H3. The molecule has 1 fully saturated rings. The van der Waals surface area contributed by atoms with E-state index in [0.717, 1.165) is 19.6 Å². The third-order valence-electron chi connectivity index (χ3n) is 6.94. The van der Waals surface area contributed by atoms with Gasteiger partial charge in [0.25, 0.3) is 0 Å². The Morgan fingerprint density at radius 3 is 2.62 bits per heavy atom. The van der Waals surface area contributed by atoms with Gasteiger partial charge in [-0.3, -0.25) is 4.68 Å². The zero-order valence-corrected chi connectivity index (χ0v) is 18.6. The summed E-state index contributed by atoms with van der Waals surface area (Å²) in [5.74, 6) is 0. The van der Waals surface area contributed by atoms with E-state index in [-0.39, 0.29) is 0 Å². The molecule has 0 spiro atoms. The summed E-state index contributed by atoms with van der Waals surface area (Å²) in [4.78, 5) is 4.84. The smallest absolute Gasteiger partial charge is 0.0684 e. The van der Waals surface area contributed by atoms with Gasteiger partial charge in [0.05, 0.1) is 18.3 Å². The first-order valence-electron chi connectivity index (χ1n) is 11.6. The Labute approximate surface area is 188 Å². The van der Waals surface area contributed by atoms with Gasteiger partial charge in [-0.15, -0.1) is 0 Å². The summed E-state index contributed by atoms with van der Waals surface area (Å²) in [5, 5.41) is 7.16. The summed E-state index contributed by atoms with van der Waals surface area (Å²) in [6, 6.07) is 15.6. The maximum absolute atomic E-state index is 4.66. The van der Waals surface area contributed by atoms with Crippen LogP contribution in [0.25, 0.3) is 27.4 Å². The molecule has 5 nitrogen and oxygen atoms in total. The number of aromatic nitrogens is 3. The van der Waals surface area contributed by atoms with Crippen molar-refractivity contribution in [3.8, 4) is 0 Å². The Morgan fingerprint density at radius 1 is 0.906 bits per heavy atom. The highest BCUT2D eigenvalue weighted by Gasteiger charge is 2.14. The van der Waals surface area contributed by atoms with Gasteiger partial charge in [-0.05, 0) is 79.5 Å². The zero-order valence-electron chi connectivity index (χ0n) is 18.6. The molecule has 4 heterocycles. The van der Waals surface area contributed by atoms with E-state index in [4.69, 9.17) is 0 Å². The number of nitrogens with zero attached hydrogens (tertiary/aromatic N) is 5. The number of rotatable bonds is 5. The van der Waals surface area contributed by atoms with Crippen LogP contribution in [0.5, 0.6) is 0 Å². The van der Waals surface area contributed by atoms with Crippen molar-refractivity contribution in [2.24, 2.45) is 7.05 Å². The molecule has 1 saturated heterocycles. The second kappa shape index (κ2) is 7.99. The largest absolute Gasteiger partial charge is 0.351 e. The van der Waals surface area contributed by atoms with Crippen LogP contribution in [-0.4, -0.2) is 45.4 Å². The van der Waals surface area contributed by atoms with Gasteiger partial charge in [0, 0.05) is 54.5 Å². The van der Waals surface area contributed by atoms with Crippen LogP contribution in [0.1, 0.15) is 18.4 Å². The number of hydrogen-bond donors (Lipinski definition) is 0. The van der Waals surface area contributed by atoms with Gasteiger partial charge in [0.2, 0.25) is 0 Å². The highest BCUT2D eigenvalue weighted by molar-refractivity contribution is 5.88. The molecule has 0 N–H and O–H groups in total. The first kappa shape index (κ1) is 19.4. The molecule has 2 aromatic heterocycles. The van der Waals surface area contributed by atoms with Crippen molar-refractivity contribution in [2.45, 2.75) is 19.4 Å². The summed E-state index contributed by atoms with van der Waals surface area (Å²) in [7, 11) is 2.09. The molecule has 5 heteroatoms. The summed E-state index contributed by atoms with van der Waals surface area (Å²) in [6.07, 6.45) is 13.5. The molecule has 32 heavy (non-hydrogen) atoms. The van der Waals surface area contributed by atoms with Crippen molar-refractivity contribution < 1.29 is 0 Å². The Bertz CT molecular complexity index is 1330. The highest BCUT2D eigenvalue weighted by Crippen LogP contribution is 2.28. The van der Waals surface area contributed by atoms with Crippen LogP contribution >= 0.6 is 0 Å². The molecule has 2 aliphatic heterocycles. The predicted octanol–water partition coefficient (Wildman–Crippen LogP) is 5.04. The molecule has 0 bridgehead atoms. The van der Waals surface area contributed by atoms with Crippen LogP contribution in [-0.2, 0) is 13.6 Å². The van der Waals surface area contributed by atoms with Gasteiger partial charge in [-0.25, -0.2) is 0 Å². The Hall–Kier alpha value is -3.31. The summed E-state index contributed by atoms with van der Waals surface area (Å²) < 4.78 is 4.32. The van der Waals surface area contributed by atoms with Crippen LogP contribution < -0.4 is 4.90 Å². The van der Waals surface area contributed by atoms with E-state index in [9.17, 15) is 0 Å². The van der Waals surface area contributed by atoms with Gasteiger partial charge < -0.3 is 14.4 Å². The van der Waals surface area contributed by atoms with Crippen LogP contribution in [0.4, 0.5) is 5.69 Å². The second-order valence-corrected chi connectivity index (χ2v) is 8.99. The molecular formula is C27H29N5. The molecule has 0 unspecified atom stereocenters. The van der Waals surface area contributed by atoms with Crippen molar-refractivity contribution >= 4 is 33.1 Å². The van der Waals surface area contributed by atoms with Crippen LogP contribution in [0.3, 0.4) is 0 Å². The topological polar surface area (TPSA) is 29.2 Å². The van der Waals surface area contributed by atoms with E-state index in [2.05, 4.69) is 98.2 Å². The van der Waals surface area contributed by atoms with Crippen LogP contribution in [0.2, 0.25) is 0 Å². The Morgan fingerprint density at radius 2 is 1.78 bits per heavy atom. The van der Waals surface area contributed by atoms with Crippen molar-refractivity contribution in [3.63, 3.8) is 0 Å². The maximum atomic E-state index is 4.66. The lowest BCUT2D eigenvalue weighted by molar-refractivity contribution is 0.318. The Kier molecular flexibility index (Phi) is 4.84. The fraction of sp³-hybridized carbons (Fsp3) is 0.296. The van der Waals surface area contributed by atoms with E-state index in [1.165, 1.54) is 64.6 Å². The average Bonchev–Trinajstić information content (AvgIpc) is 3.58. The van der Waals surface area contributed by atoms with E-state index in [0.29, 0.717) is 0 Å². The fourth-order valence-electron chi connectivity index (χ4n) is 5.04.